The van der Waals surface area contributed by atoms with Crippen molar-refractivity contribution in [3.8, 4) is 5.75 Å². The molecule has 0 radical (unpaired) electrons. The molecule has 0 aliphatic rings. The second kappa shape index (κ2) is 17.5. The fourth-order valence-corrected chi connectivity index (χ4v) is 5.15. The summed E-state index contributed by atoms with van der Waals surface area (Å²) in [5.41, 5.74) is -0.168. The monoisotopic (exact) mass is 685 g/mol. The number of amides is 1. The summed E-state index contributed by atoms with van der Waals surface area (Å²) in [6.45, 7) is 11.9. The third kappa shape index (κ3) is 12.0. The van der Waals surface area contributed by atoms with E-state index in [9.17, 15) is 46.2 Å². The first kappa shape index (κ1) is 40.3. The average Bonchev–Trinajstić information content (AvgIpc) is 2.98. The summed E-state index contributed by atoms with van der Waals surface area (Å²) in [4.78, 5) is 52.7. The lowest BCUT2D eigenvalue weighted by Crippen LogP contribution is -2.50. The van der Waals surface area contributed by atoms with Crippen molar-refractivity contribution in [1.29, 1.82) is 0 Å². The van der Waals surface area contributed by atoms with Gasteiger partial charge in [-0.15, -0.1) is 0 Å². The third-order valence-corrected chi connectivity index (χ3v) is 7.28. The lowest BCUT2D eigenvalue weighted by Gasteiger charge is -2.27. The summed E-state index contributed by atoms with van der Waals surface area (Å²) in [6, 6.07) is 7.62. The smallest absolute Gasteiger partial charge is 0.407 e. The van der Waals surface area contributed by atoms with Crippen LogP contribution in [0.25, 0.3) is 0 Å². The molecule has 0 spiro atoms. The molecule has 2 aromatic rings. The van der Waals surface area contributed by atoms with Gasteiger partial charge >= 0.3 is 12.1 Å². The molecule has 266 valence electrons. The number of hydrogen-bond acceptors (Lipinski definition) is 7. The molecule has 4 atom stereocenters. The van der Waals surface area contributed by atoms with E-state index in [2.05, 4.69) is 10.1 Å². The fraction of sp³-hybridized carbons (Fsp3) is 0.543. The van der Waals surface area contributed by atoms with Crippen LogP contribution in [0.1, 0.15) is 79.7 Å². The first-order valence-electron chi connectivity index (χ1n) is 15.7. The quantitative estimate of drug-likeness (QED) is 0.0641. The number of benzene rings is 2. The molecule has 1 amide bonds. The summed E-state index contributed by atoms with van der Waals surface area (Å²) in [5, 5.41) is 13.7. The maximum absolute atomic E-state index is 14.2. The Labute approximate surface area is 277 Å². The topological polar surface area (TPSA) is 119 Å². The van der Waals surface area contributed by atoms with Gasteiger partial charge in [0.1, 0.15) is 17.5 Å². The molecule has 0 bridgehead atoms. The number of hydrogen-bond donors (Lipinski definition) is 2. The van der Waals surface area contributed by atoms with E-state index >= 15 is 0 Å². The van der Waals surface area contributed by atoms with Gasteiger partial charge in [0.15, 0.2) is 5.78 Å². The van der Waals surface area contributed by atoms with E-state index in [1.165, 1.54) is 0 Å². The normalized spacial score (nSPS) is 14.3. The number of alkyl carbamates (subject to hydrolysis) is 1. The van der Waals surface area contributed by atoms with Crippen LogP contribution < -0.4 is 10.1 Å². The Balaban J connectivity index is 2.31. The number of halogens is 5. The van der Waals surface area contributed by atoms with Gasteiger partial charge in [0, 0.05) is 18.8 Å². The second-order valence-corrected chi connectivity index (χ2v) is 13.7. The predicted molar refractivity (Wildman–Crippen MR) is 166 cm³/mol. The van der Waals surface area contributed by atoms with E-state index in [0.717, 1.165) is 0 Å². The molecule has 8 nitrogen and oxygen atoms in total. The molecular weight excluding hydrogens is 641 g/mol. The lowest BCUT2D eigenvalue weighted by molar-refractivity contribution is -0.143. The number of ketones is 2. The van der Waals surface area contributed by atoms with Crippen molar-refractivity contribution in [1.82, 2.24) is 5.32 Å². The van der Waals surface area contributed by atoms with Crippen molar-refractivity contribution >= 4 is 23.6 Å². The van der Waals surface area contributed by atoms with Crippen molar-refractivity contribution in [2.45, 2.75) is 98.3 Å². The summed E-state index contributed by atoms with van der Waals surface area (Å²) in [5.74, 6) is -19.0. The summed E-state index contributed by atoms with van der Waals surface area (Å²) < 4.78 is 79.4. The summed E-state index contributed by atoms with van der Waals surface area (Å²) >= 11 is 0. The molecule has 13 heteroatoms. The van der Waals surface area contributed by atoms with Crippen LogP contribution in [0, 0.1) is 52.8 Å². The van der Waals surface area contributed by atoms with Crippen LogP contribution in [0.3, 0.4) is 0 Å². The van der Waals surface area contributed by atoms with Gasteiger partial charge in [-0.3, -0.25) is 14.4 Å². The molecule has 2 aromatic carbocycles. The molecule has 0 aliphatic carbocycles. The Kier molecular flexibility index (Phi) is 14.7. The Hall–Kier alpha value is -3.87. The number of nitrogens with one attached hydrogen (secondary N) is 1. The number of ether oxygens (including phenoxy) is 2. The summed E-state index contributed by atoms with van der Waals surface area (Å²) in [7, 11) is 0. The SMILES string of the molecule is CC(C)CC(CC(=O)C(O)C(Cc1ccccc1)NC(=O)OC(C)(C)C)C(=O)CC(CC(C)C)C(=O)Oc1c(F)c(F)c(F)c(F)c1F. The van der Waals surface area contributed by atoms with Crippen LogP contribution in [-0.2, 0) is 25.5 Å². The molecule has 48 heavy (non-hydrogen) atoms. The van der Waals surface area contributed by atoms with Gasteiger partial charge in [-0.05, 0) is 57.4 Å². The third-order valence-electron chi connectivity index (χ3n) is 7.28. The van der Waals surface area contributed by atoms with Crippen LogP contribution in [0.4, 0.5) is 26.7 Å². The van der Waals surface area contributed by atoms with Crippen LogP contribution >= 0.6 is 0 Å². The molecule has 0 heterocycles. The number of carbonyl (C=O) groups is 4. The molecule has 0 saturated heterocycles. The predicted octanol–water partition coefficient (Wildman–Crippen LogP) is 7.03. The molecular formula is C35H44F5NO7. The van der Waals surface area contributed by atoms with Gasteiger partial charge in [-0.2, -0.15) is 8.78 Å². The van der Waals surface area contributed by atoms with Crippen LogP contribution in [0.15, 0.2) is 30.3 Å². The minimum Gasteiger partial charge on any atom is -0.444 e. The summed E-state index contributed by atoms with van der Waals surface area (Å²) in [6.07, 6.45) is -3.52. The number of carbonyl (C=O) groups excluding carboxylic acids is 4. The van der Waals surface area contributed by atoms with Crippen molar-refractivity contribution in [3.05, 3.63) is 65.0 Å². The minimum absolute atomic E-state index is 0.0514. The van der Waals surface area contributed by atoms with Gasteiger partial charge in [0.2, 0.25) is 34.8 Å². The first-order valence-corrected chi connectivity index (χ1v) is 15.7. The van der Waals surface area contributed by atoms with Gasteiger partial charge in [0.25, 0.3) is 0 Å². The maximum Gasteiger partial charge on any atom is 0.407 e. The average molecular weight is 686 g/mol. The molecule has 0 aromatic heterocycles. The van der Waals surface area contributed by atoms with E-state index in [1.54, 1.807) is 78.8 Å². The Bertz CT molecular complexity index is 1410. The molecule has 0 saturated carbocycles. The Morgan fingerprint density at radius 1 is 0.750 bits per heavy atom. The Morgan fingerprint density at radius 3 is 1.73 bits per heavy atom. The van der Waals surface area contributed by atoms with Crippen LogP contribution in [-0.4, -0.2) is 46.5 Å². The van der Waals surface area contributed by atoms with E-state index in [1.807, 2.05) is 0 Å². The Morgan fingerprint density at radius 2 is 1.23 bits per heavy atom. The fourth-order valence-electron chi connectivity index (χ4n) is 5.15. The number of aliphatic hydroxyl groups is 1. The molecule has 4 unspecified atom stereocenters. The van der Waals surface area contributed by atoms with Crippen molar-refractivity contribution in [2.75, 3.05) is 0 Å². The number of rotatable bonds is 16. The van der Waals surface area contributed by atoms with Gasteiger partial charge in [-0.25, -0.2) is 18.0 Å². The molecule has 0 aliphatic heterocycles. The highest BCUT2D eigenvalue weighted by Gasteiger charge is 2.36. The minimum atomic E-state index is -2.42. The zero-order valence-electron chi connectivity index (χ0n) is 28.2. The van der Waals surface area contributed by atoms with Crippen molar-refractivity contribution in [3.63, 3.8) is 0 Å². The van der Waals surface area contributed by atoms with Crippen LogP contribution in [0.5, 0.6) is 5.75 Å². The molecule has 2 rings (SSSR count). The van der Waals surface area contributed by atoms with Gasteiger partial charge < -0.3 is 19.9 Å². The standard InChI is InChI=1S/C35H44F5NO7/c1-18(2)13-21(16-25(43)31(44)23(15-20-11-9-8-10-12-20)41-34(46)48-35(5,6)7)24(42)17-22(14-19(3)4)33(45)47-32-29(39)27(37)26(36)28(38)30(32)40/h8-12,18-19,21-23,31,44H,13-17H2,1-7H3,(H,41,46). The second-order valence-electron chi connectivity index (χ2n) is 13.7. The lowest BCUT2D eigenvalue weighted by atomic mass is 9.82. The van der Waals surface area contributed by atoms with Crippen molar-refractivity contribution < 1.29 is 55.7 Å². The zero-order chi connectivity index (χ0) is 36.5. The van der Waals surface area contributed by atoms with Crippen molar-refractivity contribution in [2.24, 2.45) is 23.7 Å². The molecule has 0 fully saturated rings. The maximum atomic E-state index is 14.2. The van der Waals surface area contributed by atoms with Gasteiger partial charge in [-0.1, -0.05) is 58.0 Å². The van der Waals surface area contributed by atoms with Gasteiger partial charge in [0.05, 0.1) is 12.0 Å². The first-order chi connectivity index (χ1) is 22.2. The van der Waals surface area contributed by atoms with E-state index in [-0.39, 0.29) is 31.1 Å². The van der Waals surface area contributed by atoms with E-state index in [0.29, 0.717) is 5.56 Å². The zero-order valence-corrected chi connectivity index (χ0v) is 28.2. The largest absolute Gasteiger partial charge is 0.444 e. The highest BCUT2D eigenvalue weighted by Crippen LogP contribution is 2.31. The van der Waals surface area contributed by atoms with Crippen LogP contribution in [0.2, 0.25) is 0 Å². The number of Topliss-reactive ketones (excluding diaryl/α,β-unsaturated/α-hetero) is 2. The highest BCUT2D eigenvalue weighted by molar-refractivity contribution is 5.92. The molecule has 2 N–H and O–H groups in total. The number of esters is 1. The highest BCUT2D eigenvalue weighted by atomic mass is 19.2. The van der Waals surface area contributed by atoms with E-state index < -0.39 is 101 Å². The number of aliphatic hydroxyl groups excluding tert-OH is 1. The van der Waals surface area contributed by atoms with E-state index in [4.69, 9.17) is 4.74 Å².